The Labute approximate surface area is 101 Å². The summed E-state index contributed by atoms with van der Waals surface area (Å²) in [4.78, 5) is 24.5. The molecule has 5 heteroatoms. The number of fused-ring (bicyclic) bond motifs is 3. The van der Waals surface area contributed by atoms with Crippen LogP contribution in [-0.2, 0) is 6.42 Å². The Hall–Kier alpha value is -1.88. The quantitative estimate of drug-likeness (QED) is 0.649. The van der Waals surface area contributed by atoms with Crippen LogP contribution in [-0.4, -0.2) is 21.2 Å². The average Bonchev–Trinajstić information content (AvgIpc) is 2.76. The van der Waals surface area contributed by atoms with E-state index < -0.39 is 0 Å². The molecule has 0 unspecified atom stereocenters. The highest BCUT2D eigenvalue weighted by atomic mass is 32.1. The lowest BCUT2D eigenvalue weighted by Gasteiger charge is -1.95. The molecule has 0 saturated heterocycles. The van der Waals surface area contributed by atoms with Gasteiger partial charge < -0.3 is 0 Å². The largest absolute Gasteiger partial charge is 0.298 e. The van der Waals surface area contributed by atoms with Crippen LogP contribution in [0.4, 0.5) is 0 Å². The molecule has 0 aliphatic heterocycles. The maximum atomic E-state index is 10.8. The first kappa shape index (κ1) is 10.3. The topological polar surface area (TPSA) is 55.7 Å². The Morgan fingerprint density at radius 1 is 1.35 bits per heavy atom. The van der Waals surface area contributed by atoms with Crippen molar-refractivity contribution in [3.8, 4) is 0 Å². The third-order valence-electron chi connectivity index (χ3n) is 2.67. The summed E-state index contributed by atoms with van der Waals surface area (Å²) in [5.41, 5.74) is 2.51. The van der Waals surface area contributed by atoms with E-state index in [-0.39, 0.29) is 0 Å². The summed E-state index contributed by atoms with van der Waals surface area (Å²) in [5, 5.41) is 0.937. The normalized spacial score (nSPS) is 11.1. The molecular formula is C12H9N3OS. The van der Waals surface area contributed by atoms with Gasteiger partial charge in [0.2, 0.25) is 0 Å². The van der Waals surface area contributed by atoms with Gasteiger partial charge in [-0.05, 0) is 12.5 Å². The molecule has 0 fully saturated rings. The van der Waals surface area contributed by atoms with E-state index in [2.05, 4.69) is 21.9 Å². The molecular weight excluding hydrogens is 234 g/mol. The summed E-state index contributed by atoms with van der Waals surface area (Å²) in [6.45, 7) is 2.07. The van der Waals surface area contributed by atoms with Crippen molar-refractivity contribution in [1.82, 2.24) is 15.0 Å². The summed E-state index contributed by atoms with van der Waals surface area (Å²) in [6.07, 6.45) is 4.83. The van der Waals surface area contributed by atoms with Crippen LogP contribution in [0.2, 0.25) is 0 Å². The monoisotopic (exact) mass is 243 g/mol. The van der Waals surface area contributed by atoms with Gasteiger partial charge in [0, 0.05) is 17.1 Å². The van der Waals surface area contributed by atoms with Crippen LogP contribution >= 0.6 is 11.3 Å². The van der Waals surface area contributed by atoms with E-state index in [1.165, 1.54) is 0 Å². The van der Waals surface area contributed by atoms with Crippen molar-refractivity contribution in [3.05, 3.63) is 29.8 Å². The van der Waals surface area contributed by atoms with Crippen molar-refractivity contribution in [2.75, 3.05) is 0 Å². The minimum atomic E-state index is 0.578. The number of aldehydes is 1. The van der Waals surface area contributed by atoms with E-state index >= 15 is 0 Å². The van der Waals surface area contributed by atoms with Crippen LogP contribution < -0.4 is 0 Å². The SMILES string of the molecule is CCc1ncnc2c1sc1ncc(C=O)cc12. The Bertz CT molecular complexity index is 720. The lowest BCUT2D eigenvalue weighted by Crippen LogP contribution is -1.88. The number of thiophene rings is 1. The molecule has 17 heavy (non-hydrogen) atoms. The third kappa shape index (κ3) is 1.51. The van der Waals surface area contributed by atoms with Crippen molar-refractivity contribution < 1.29 is 4.79 Å². The van der Waals surface area contributed by atoms with E-state index in [0.29, 0.717) is 5.56 Å². The van der Waals surface area contributed by atoms with Gasteiger partial charge in [-0.1, -0.05) is 6.92 Å². The molecule has 3 rings (SSSR count). The minimum Gasteiger partial charge on any atom is -0.298 e. The lowest BCUT2D eigenvalue weighted by atomic mass is 10.2. The van der Waals surface area contributed by atoms with E-state index in [1.807, 2.05) is 6.07 Å². The highest BCUT2D eigenvalue weighted by molar-refractivity contribution is 7.25. The fraction of sp³-hybridized carbons (Fsp3) is 0.167. The van der Waals surface area contributed by atoms with Crippen LogP contribution in [0.5, 0.6) is 0 Å². The molecule has 3 heterocycles. The summed E-state index contributed by atoms with van der Waals surface area (Å²) in [7, 11) is 0. The molecule has 84 valence electrons. The van der Waals surface area contributed by atoms with Crippen LogP contribution in [0.15, 0.2) is 18.6 Å². The summed E-state index contributed by atoms with van der Waals surface area (Å²) in [5.74, 6) is 0. The smallest absolute Gasteiger partial charge is 0.151 e. The molecule has 4 nitrogen and oxygen atoms in total. The second kappa shape index (κ2) is 3.85. The maximum absolute atomic E-state index is 10.8. The van der Waals surface area contributed by atoms with Gasteiger partial charge in [0.25, 0.3) is 0 Å². The number of carbonyl (C=O) groups is 1. The molecule has 0 aromatic carbocycles. The number of aryl methyl sites for hydroxylation is 1. The van der Waals surface area contributed by atoms with Crippen molar-refractivity contribution in [2.24, 2.45) is 0 Å². The molecule has 3 aromatic heterocycles. The fourth-order valence-corrected chi connectivity index (χ4v) is 2.98. The number of hydrogen-bond donors (Lipinski definition) is 0. The average molecular weight is 243 g/mol. The number of nitrogens with zero attached hydrogens (tertiary/aromatic N) is 3. The molecule has 0 aliphatic rings. The highest BCUT2D eigenvalue weighted by Crippen LogP contribution is 2.32. The van der Waals surface area contributed by atoms with Gasteiger partial charge in [-0.15, -0.1) is 11.3 Å². The first-order valence-corrected chi connectivity index (χ1v) is 6.12. The zero-order valence-electron chi connectivity index (χ0n) is 9.17. The standard InChI is InChI=1S/C12H9N3OS/c1-2-9-11-10(15-6-14-9)8-3-7(5-16)4-13-12(8)17-11/h3-6H,2H2,1H3. The van der Waals surface area contributed by atoms with Gasteiger partial charge in [-0.25, -0.2) is 15.0 Å². The predicted molar refractivity (Wildman–Crippen MR) is 67.5 cm³/mol. The number of pyridine rings is 1. The molecule has 0 aliphatic carbocycles. The zero-order chi connectivity index (χ0) is 11.8. The van der Waals surface area contributed by atoms with Crippen LogP contribution in [0.1, 0.15) is 23.0 Å². The van der Waals surface area contributed by atoms with Crippen molar-refractivity contribution in [3.63, 3.8) is 0 Å². The Morgan fingerprint density at radius 2 is 2.24 bits per heavy atom. The van der Waals surface area contributed by atoms with Crippen molar-refractivity contribution in [2.45, 2.75) is 13.3 Å². The Balaban J connectivity index is 2.46. The van der Waals surface area contributed by atoms with Gasteiger partial charge in [0.1, 0.15) is 11.2 Å². The number of rotatable bonds is 2. The van der Waals surface area contributed by atoms with Gasteiger partial charge in [-0.2, -0.15) is 0 Å². The van der Waals surface area contributed by atoms with E-state index in [4.69, 9.17) is 0 Å². The Morgan fingerprint density at radius 3 is 3.00 bits per heavy atom. The minimum absolute atomic E-state index is 0.578. The Kier molecular flexibility index (Phi) is 2.33. The van der Waals surface area contributed by atoms with Gasteiger partial charge in [0.15, 0.2) is 6.29 Å². The molecule has 0 spiro atoms. The van der Waals surface area contributed by atoms with E-state index in [9.17, 15) is 4.79 Å². The van der Waals surface area contributed by atoms with E-state index in [0.717, 1.165) is 38.8 Å². The third-order valence-corrected chi connectivity index (χ3v) is 3.83. The molecule has 0 saturated carbocycles. The molecule has 0 radical (unpaired) electrons. The van der Waals surface area contributed by atoms with Crippen LogP contribution in [0.3, 0.4) is 0 Å². The van der Waals surface area contributed by atoms with Gasteiger partial charge in [-0.3, -0.25) is 4.79 Å². The number of hydrogen-bond acceptors (Lipinski definition) is 5. The van der Waals surface area contributed by atoms with Crippen LogP contribution in [0, 0.1) is 0 Å². The number of aromatic nitrogens is 3. The first-order valence-electron chi connectivity index (χ1n) is 5.30. The molecule has 0 bridgehead atoms. The van der Waals surface area contributed by atoms with E-state index in [1.54, 1.807) is 23.9 Å². The molecule has 0 amide bonds. The van der Waals surface area contributed by atoms with Crippen molar-refractivity contribution in [1.29, 1.82) is 0 Å². The lowest BCUT2D eigenvalue weighted by molar-refractivity contribution is 0.112. The first-order chi connectivity index (χ1) is 8.33. The van der Waals surface area contributed by atoms with Crippen molar-refractivity contribution >= 4 is 38.1 Å². The summed E-state index contributed by atoms with van der Waals surface area (Å²) >= 11 is 1.58. The molecule has 0 N–H and O–H groups in total. The highest BCUT2D eigenvalue weighted by Gasteiger charge is 2.11. The second-order valence-corrected chi connectivity index (χ2v) is 4.69. The summed E-state index contributed by atoms with van der Waals surface area (Å²) in [6, 6.07) is 1.83. The fourth-order valence-electron chi connectivity index (χ4n) is 1.84. The maximum Gasteiger partial charge on any atom is 0.151 e. The second-order valence-electron chi connectivity index (χ2n) is 3.69. The van der Waals surface area contributed by atoms with Gasteiger partial charge in [0.05, 0.1) is 15.9 Å². The zero-order valence-corrected chi connectivity index (χ0v) is 9.99. The van der Waals surface area contributed by atoms with Crippen LogP contribution in [0.25, 0.3) is 20.4 Å². The molecule has 0 atom stereocenters. The number of carbonyl (C=O) groups excluding carboxylic acids is 1. The predicted octanol–water partition coefficient (Wildman–Crippen LogP) is 2.61. The molecule has 3 aromatic rings. The summed E-state index contributed by atoms with van der Waals surface area (Å²) < 4.78 is 1.07. The van der Waals surface area contributed by atoms with Gasteiger partial charge >= 0.3 is 0 Å².